The van der Waals surface area contributed by atoms with E-state index in [4.69, 9.17) is 0 Å². The second-order valence-electron chi connectivity index (χ2n) is 4.71. The van der Waals surface area contributed by atoms with Crippen molar-refractivity contribution in [2.75, 3.05) is 13.1 Å². The highest BCUT2D eigenvalue weighted by atomic mass is 32.2. The SMILES string of the molecule is Cc1sc2ncnc(SC3CCNCC3)c2c1C. The lowest BCUT2D eigenvalue weighted by molar-refractivity contribution is 0.531. The van der Waals surface area contributed by atoms with Gasteiger partial charge in [-0.2, -0.15) is 0 Å². The van der Waals surface area contributed by atoms with E-state index < -0.39 is 0 Å². The lowest BCUT2D eigenvalue weighted by Crippen LogP contribution is -2.29. The molecule has 2 aromatic rings. The van der Waals surface area contributed by atoms with Gasteiger partial charge in [-0.05, 0) is 45.3 Å². The van der Waals surface area contributed by atoms with E-state index in [-0.39, 0.29) is 0 Å². The summed E-state index contributed by atoms with van der Waals surface area (Å²) in [5, 5.41) is 6.56. The Hall–Kier alpha value is -0.650. The van der Waals surface area contributed by atoms with Gasteiger partial charge in [0.05, 0.1) is 0 Å². The van der Waals surface area contributed by atoms with Crippen LogP contribution in [0.5, 0.6) is 0 Å². The summed E-state index contributed by atoms with van der Waals surface area (Å²) in [5.41, 5.74) is 1.35. The summed E-state index contributed by atoms with van der Waals surface area (Å²) >= 11 is 3.72. The van der Waals surface area contributed by atoms with E-state index in [2.05, 4.69) is 29.1 Å². The third-order valence-electron chi connectivity index (χ3n) is 3.50. The number of hydrogen-bond acceptors (Lipinski definition) is 5. The second kappa shape index (κ2) is 5.15. The highest BCUT2D eigenvalue weighted by molar-refractivity contribution is 8.00. The predicted molar refractivity (Wildman–Crippen MR) is 78.6 cm³/mol. The van der Waals surface area contributed by atoms with Crippen molar-refractivity contribution in [2.45, 2.75) is 37.0 Å². The number of piperidine rings is 1. The molecule has 1 saturated heterocycles. The normalized spacial score (nSPS) is 17.4. The van der Waals surface area contributed by atoms with Crippen molar-refractivity contribution in [2.24, 2.45) is 0 Å². The molecule has 0 bridgehead atoms. The highest BCUT2D eigenvalue weighted by Crippen LogP contribution is 2.37. The monoisotopic (exact) mass is 279 g/mol. The van der Waals surface area contributed by atoms with Crippen molar-refractivity contribution in [3.63, 3.8) is 0 Å². The van der Waals surface area contributed by atoms with Crippen LogP contribution < -0.4 is 5.32 Å². The minimum absolute atomic E-state index is 0.698. The molecule has 0 spiro atoms. The van der Waals surface area contributed by atoms with Gasteiger partial charge in [0.25, 0.3) is 0 Å². The van der Waals surface area contributed by atoms with E-state index in [1.54, 1.807) is 17.7 Å². The first kappa shape index (κ1) is 12.4. The number of fused-ring (bicyclic) bond motifs is 1. The molecule has 96 valence electrons. The zero-order chi connectivity index (χ0) is 12.5. The molecule has 18 heavy (non-hydrogen) atoms. The van der Waals surface area contributed by atoms with Gasteiger partial charge < -0.3 is 5.32 Å². The molecule has 0 aliphatic carbocycles. The molecular formula is C13H17N3S2. The van der Waals surface area contributed by atoms with Crippen LogP contribution in [0.4, 0.5) is 0 Å². The Morgan fingerprint density at radius 2 is 2.06 bits per heavy atom. The smallest absolute Gasteiger partial charge is 0.128 e. The Morgan fingerprint density at radius 3 is 2.83 bits per heavy atom. The second-order valence-corrected chi connectivity index (χ2v) is 7.20. The Labute approximate surface area is 115 Å². The maximum atomic E-state index is 4.51. The lowest BCUT2D eigenvalue weighted by atomic mass is 10.2. The molecule has 3 nitrogen and oxygen atoms in total. The van der Waals surface area contributed by atoms with Gasteiger partial charge in [0.2, 0.25) is 0 Å². The molecular weight excluding hydrogens is 262 g/mol. The minimum atomic E-state index is 0.698. The fourth-order valence-electron chi connectivity index (χ4n) is 2.31. The molecule has 1 fully saturated rings. The maximum absolute atomic E-state index is 4.51. The molecule has 0 amide bonds. The molecule has 3 heterocycles. The van der Waals surface area contributed by atoms with Gasteiger partial charge in [-0.15, -0.1) is 23.1 Å². The topological polar surface area (TPSA) is 37.8 Å². The summed E-state index contributed by atoms with van der Waals surface area (Å²) in [5.74, 6) is 0. The average molecular weight is 279 g/mol. The van der Waals surface area contributed by atoms with Crippen LogP contribution in [0.1, 0.15) is 23.3 Å². The van der Waals surface area contributed by atoms with Crippen molar-refractivity contribution >= 4 is 33.3 Å². The van der Waals surface area contributed by atoms with Crippen LogP contribution in [-0.2, 0) is 0 Å². The number of aromatic nitrogens is 2. The van der Waals surface area contributed by atoms with E-state index >= 15 is 0 Å². The van der Waals surface area contributed by atoms with Crippen molar-refractivity contribution in [1.29, 1.82) is 0 Å². The number of thiophene rings is 1. The predicted octanol–water partition coefficient (Wildman–Crippen LogP) is 3.15. The lowest BCUT2D eigenvalue weighted by Gasteiger charge is -2.21. The Bertz CT molecular complexity index is 559. The molecule has 1 aliphatic rings. The fourth-order valence-corrected chi connectivity index (χ4v) is 4.63. The quantitative estimate of drug-likeness (QED) is 0.857. The van der Waals surface area contributed by atoms with E-state index in [1.807, 2.05) is 11.8 Å². The van der Waals surface area contributed by atoms with Crippen molar-refractivity contribution < 1.29 is 0 Å². The Balaban J connectivity index is 1.95. The third kappa shape index (κ3) is 2.27. The van der Waals surface area contributed by atoms with Gasteiger partial charge in [0.15, 0.2) is 0 Å². The summed E-state index contributed by atoms with van der Waals surface area (Å²) in [6.07, 6.45) is 4.18. The summed E-state index contributed by atoms with van der Waals surface area (Å²) in [6.45, 7) is 6.62. The van der Waals surface area contributed by atoms with Crippen LogP contribution >= 0.6 is 23.1 Å². The van der Waals surface area contributed by atoms with Gasteiger partial charge in [0.1, 0.15) is 16.2 Å². The van der Waals surface area contributed by atoms with E-state index in [0.29, 0.717) is 5.25 Å². The van der Waals surface area contributed by atoms with Crippen LogP contribution in [0, 0.1) is 13.8 Å². The first-order valence-electron chi connectivity index (χ1n) is 6.34. The summed E-state index contributed by atoms with van der Waals surface area (Å²) in [4.78, 5) is 11.4. The van der Waals surface area contributed by atoms with Crippen LogP contribution in [0.2, 0.25) is 0 Å². The molecule has 0 saturated carbocycles. The van der Waals surface area contributed by atoms with Gasteiger partial charge in [-0.3, -0.25) is 0 Å². The largest absolute Gasteiger partial charge is 0.317 e. The molecule has 0 atom stereocenters. The molecule has 2 aromatic heterocycles. The first-order chi connectivity index (χ1) is 8.75. The first-order valence-corrected chi connectivity index (χ1v) is 8.03. The highest BCUT2D eigenvalue weighted by Gasteiger charge is 2.18. The van der Waals surface area contributed by atoms with Crippen LogP contribution in [-0.4, -0.2) is 28.3 Å². The Morgan fingerprint density at radius 1 is 1.28 bits per heavy atom. The standard InChI is InChI=1S/C13H17N3S2/c1-8-9(2)17-12-11(8)13(16-7-15-12)18-10-3-5-14-6-4-10/h7,10,14H,3-6H2,1-2H3. The number of rotatable bonds is 2. The van der Waals surface area contributed by atoms with Crippen molar-refractivity contribution in [1.82, 2.24) is 15.3 Å². The minimum Gasteiger partial charge on any atom is -0.317 e. The van der Waals surface area contributed by atoms with E-state index in [1.165, 1.54) is 33.7 Å². The number of nitrogens with zero attached hydrogens (tertiary/aromatic N) is 2. The number of thioether (sulfide) groups is 1. The van der Waals surface area contributed by atoms with Gasteiger partial charge in [-0.25, -0.2) is 9.97 Å². The van der Waals surface area contributed by atoms with Crippen LogP contribution in [0.15, 0.2) is 11.4 Å². The van der Waals surface area contributed by atoms with E-state index in [0.717, 1.165) is 17.9 Å². The van der Waals surface area contributed by atoms with Crippen LogP contribution in [0.25, 0.3) is 10.2 Å². The maximum Gasteiger partial charge on any atom is 0.128 e. The summed E-state index contributed by atoms with van der Waals surface area (Å²) in [7, 11) is 0. The summed E-state index contributed by atoms with van der Waals surface area (Å²) < 4.78 is 0. The number of aryl methyl sites for hydroxylation is 2. The van der Waals surface area contributed by atoms with Gasteiger partial charge in [-0.1, -0.05) is 0 Å². The summed E-state index contributed by atoms with van der Waals surface area (Å²) in [6, 6.07) is 0. The number of nitrogens with one attached hydrogen (secondary N) is 1. The molecule has 5 heteroatoms. The zero-order valence-corrected chi connectivity index (χ0v) is 12.3. The average Bonchev–Trinajstić information content (AvgIpc) is 2.67. The van der Waals surface area contributed by atoms with Crippen LogP contribution in [0.3, 0.4) is 0 Å². The van der Waals surface area contributed by atoms with E-state index in [9.17, 15) is 0 Å². The van der Waals surface area contributed by atoms with Crippen molar-refractivity contribution in [3.8, 4) is 0 Å². The molecule has 1 aliphatic heterocycles. The molecule has 3 rings (SSSR count). The zero-order valence-electron chi connectivity index (χ0n) is 10.7. The van der Waals surface area contributed by atoms with Gasteiger partial charge >= 0.3 is 0 Å². The molecule has 0 radical (unpaired) electrons. The Kier molecular flexibility index (Phi) is 3.54. The fraction of sp³-hybridized carbons (Fsp3) is 0.538. The number of hydrogen-bond donors (Lipinski definition) is 1. The molecule has 0 aromatic carbocycles. The molecule has 0 unspecified atom stereocenters. The molecule has 1 N–H and O–H groups in total. The van der Waals surface area contributed by atoms with Gasteiger partial charge in [0, 0.05) is 15.5 Å². The van der Waals surface area contributed by atoms with Crippen molar-refractivity contribution in [3.05, 3.63) is 16.8 Å². The third-order valence-corrected chi connectivity index (χ3v) is 5.95.